The van der Waals surface area contributed by atoms with E-state index in [1.807, 2.05) is 20.9 Å². The highest BCUT2D eigenvalue weighted by Crippen LogP contribution is 2.04. The van der Waals surface area contributed by atoms with Gasteiger partial charge in [-0.1, -0.05) is 6.92 Å². The second kappa shape index (κ2) is 5.50. The van der Waals surface area contributed by atoms with Crippen molar-refractivity contribution in [2.45, 2.75) is 20.4 Å². The van der Waals surface area contributed by atoms with Gasteiger partial charge in [-0.15, -0.1) is 0 Å². The number of nitrogens with zero attached hydrogens (tertiary/aromatic N) is 2. The summed E-state index contributed by atoms with van der Waals surface area (Å²) >= 11 is 0. The second-order valence-electron chi connectivity index (χ2n) is 3.44. The molecule has 1 aromatic heterocycles. The van der Waals surface area contributed by atoms with Gasteiger partial charge >= 0.3 is 0 Å². The molecule has 1 heterocycles. The fourth-order valence-electron chi connectivity index (χ4n) is 1.21. The average Bonchev–Trinajstić information content (AvgIpc) is 2.54. The van der Waals surface area contributed by atoms with Crippen LogP contribution >= 0.6 is 0 Å². The first kappa shape index (κ1) is 11.7. The molecule has 1 rings (SSSR count). The second-order valence-corrected chi connectivity index (χ2v) is 3.44. The molecule has 1 aromatic rings. The van der Waals surface area contributed by atoms with Crippen molar-refractivity contribution in [3.63, 3.8) is 0 Å². The van der Waals surface area contributed by atoms with Crippen LogP contribution in [0.3, 0.4) is 0 Å². The number of carbonyl (C=O) groups is 1. The van der Waals surface area contributed by atoms with Crippen LogP contribution in [0.5, 0.6) is 0 Å². The van der Waals surface area contributed by atoms with Crippen LogP contribution in [0.25, 0.3) is 0 Å². The molecular formula is C10H18N4O. The lowest BCUT2D eigenvalue weighted by Gasteiger charge is -2.04. The van der Waals surface area contributed by atoms with Crippen molar-refractivity contribution in [3.05, 3.63) is 17.5 Å². The number of aromatic nitrogens is 2. The van der Waals surface area contributed by atoms with E-state index in [4.69, 9.17) is 0 Å². The molecule has 5 heteroatoms. The van der Waals surface area contributed by atoms with E-state index in [1.54, 1.807) is 10.9 Å². The maximum Gasteiger partial charge on any atom is 0.234 e. The Kier molecular flexibility index (Phi) is 4.30. The highest BCUT2D eigenvalue weighted by atomic mass is 16.1. The van der Waals surface area contributed by atoms with Crippen LogP contribution in [0.15, 0.2) is 6.20 Å². The van der Waals surface area contributed by atoms with Crippen molar-refractivity contribution in [1.29, 1.82) is 0 Å². The van der Waals surface area contributed by atoms with E-state index in [1.165, 1.54) is 0 Å². The smallest absolute Gasteiger partial charge is 0.234 e. The Morgan fingerprint density at radius 2 is 2.33 bits per heavy atom. The fraction of sp³-hybridized carbons (Fsp3) is 0.600. The number of likely N-dealkylation sites (N-methyl/N-ethyl adjacent to an activating group) is 1. The van der Waals surface area contributed by atoms with Gasteiger partial charge in [-0.05, 0) is 13.5 Å². The number of aryl methyl sites for hydroxylation is 1. The van der Waals surface area contributed by atoms with Crippen molar-refractivity contribution in [1.82, 2.24) is 20.4 Å². The molecule has 0 saturated carbocycles. The molecule has 1 amide bonds. The Hall–Kier alpha value is -1.36. The summed E-state index contributed by atoms with van der Waals surface area (Å²) in [6.07, 6.45) is 1.78. The summed E-state index contributed by atoms with van der Waals surface area (Å²) in [5.74, 6) is 0.0140. The molecular weight excluding hydrogens is 192 g/mol. The number of hydrogen-bond acceptors (Lipinski definition) is 3. The molecule has 0 aliphatic carbocycles. The molecule has 2 N–H and O–H groups in total. The lowest BCUT2D eigenvalue weighted by molar-refractivity contribution is -0.120. The predicted octanol–water partition coefficient (Wildman–Crippen LogP) is -0.0458. The highest BCUT2D eigenvalue weighted by Gasteiger charge is 2.05. The van der Waals surface area contributed by atoms with Crippen LogP contribution in [-0.2, 0) is 18.4 Å². The zero-order valence-corrected chi connectivity index (χ0v) is 9.50. The third-order valence-electron chi connectivity index (χ3n) is 2.35. The zero-order valence-electron chi connectivity index (χ0n) is 9.50. The van der Waals surface area contributed by atoms with E-state index < -0.39 is 0 Å². The topological polar surface area (TPSA) is 59.0 Å². The summed E-state index contributed by atoms with van der Waals surface area (Å²) in [6.45, 7) is 5.68. The predicted molar refractivity (Wildman–Crippen MR) is 58.3 cm³/mol. The van der Waals surface area contributed by atoms with Crippen LogP contribution in [0.2, 0.25) is 0 Å². The van der Waals surface area contributed by atoms with Crippen molar-refractivity contribution in [2.24, 2.45) is 7.05 Å². The summed E-state index contributed by atoms with van der Waals surface area (Å²) in [5, 5.41) is 9.91. The van der Waals surface area contributed by atoms with Gasteiger partial charge in [0, 0.05) is 24.8 Å². The van der Waals surface area contributed by atoms with Gasteiger partial charge in [0.05, 0.1) is 12.7 Å². The van der Waals surface area contributed by atoms with Gasteiger partial charge in [-0.3, -0.25) is 9.48 Å². The lowest BCUT2D eigenvalue weighted by atomic mass is 10.2. The van der Waals surface area contributed by atoms with Crippen molar-refractivity contribution in [3.8, 4) is 0 Å². The standard InChI is InChI=1S/C10H18N4O/c1-4-11-7-10(15)12-5-9-6-13-14(3)8(9)2/h6,11H,4-5,7H2,1-3H3,(H,12,15). The number of carbonyl (C=O) groups excluding carboxylic acids is 1. The van der Waals surface area contributed by atoms with Gasteiger partial charge in [0.15, 0.2) is 0 Å². The number of rotatable bonds is 5. The van der Waals surface area contributed by atoms with Gasteiger partial charge in [-0.25, -0.2) is 0 Å². The van der Waals surface area contributed by atoms with Crippen LogP contribution in [0.1, 0.15) is 18.2 Å². The Balaban J connectivity index is 2.37. The van der Waals surface area contributed by atoms with Crippen molar-refractivity contribution < 1.29 is 4.79 Å². The van der Waals surface area contributed by atoms with E-state index in [9.17, 15) is 4.79 Å². The first-order valence-electron chi connectivity index (χ1n) is 5.10. The Bertz CT molecular complexity index is 332. The Morgan fingerprint density at radius 3 is 2.87 bits per heavy atom. The number of nitrogens with one attached hydrogen (secondary N) is 2. The van der Waals surface area contributed by atoms with E-state index in [0.717, 1.165) is 17.8 Å². The van der Waals surface area contributed by atoms with Crippen LogP contribution in [-0.4, -0.2) is 28.8 Å². The lowest BCUT2D eigenvalue weighted by Crippen LogP contribution is -2.33. The normalized spacial score (nSPS) is 10.3. The van der Waals surface area contributed by atoms with Crippen LogP contribution < -0.4 is 10.6 Å². The first-order chi connectivity index (χ1) is 7.15. The molecule has 15 heavy (non-hydrogen) atoms. The SMILES string of the molecule is CCNCC(=O)NCc1cnn(C)c1C. The largest absolute Gasteiger partial charge is 0.351 e. The summed E-state index contributed by atoms with van der Waals surface area (Å²) in [5.41, 5.74) is 2.14. The maximum atomic E-state index is 11.3. The minimum absolute atomic E-state index is 0.0140. The number of hydrogen-bond donors (Lipinski definition) is 2. The molecule has 0 radical (unpaired) electrons. The van der Waals surface area contributed by atoms with Gasteiger partial charge < -0.3 is 10.6 Å². The Labute approximate surface area is 89.9 Å². The third kappa shape index (κ3) is 3.36. The molecule has 0 fully saturated rings. The summed E-state index contributed by atoms with van der Waals surface area (Å²) in [7, 11) is 1.89. The van der Waals surface area contributed by atoms with Crippen molar-refractivity contribution in [2.75, 3.05) is 13.1 Å². The highest BCUT2D eigenvalue weighted by molar-refractivity contribution is 5.77. The zero-order chi connectivity index (χ0) is 11.3. The van der Waals surface area contributed by atoms with Gasteiger partial charge in [0.1, 0.15) is 0 Å². The molecule has 84 valence electrons. The summed E-state index contributed by atoms with van der Waals surface area (Å²) < 4.78 is 1.80. The quantitative estimate of drug-likeness (QED) is 0.716. The molecule has 0 spiro atoms. The molecule has 0 atom stereocenters. The first-order valence-corrected chi connectivity index (χ1v) is 5.10. The number of amides is 1. The van der Waals surface area contributed by atoms with Crippen molar-refractivity contribution >= 4 is 5.91 Å². The van der Waals surface area contributed by atoms with Gasteiger partial charge in [0.25, 0.3) is 0 Å². The minimum atomic E-state index is 0.0140. The fourth-order valence-corrected chi connectivity index (χ4v) is 1.21. The summed E-state index contributed by atoms with van der Waals surface area (Å²) in [6, 6.07) is 0. The monoisotopic (exact) mass is 210 g/mol. The van der Waals surface area contributed by atoms with Gasteiger partial charge in [0.2, 0.25) is 5.91 Å². The minimum Gasteiger partial charge on any atom is -0.351 e. The van der Waals surface area contributed by atoms with E-state index >= 15 is 0 Å². The molecule has 0 aliphatic rings. The average molecular weight is 210 g/mol. The maximum absolute atomic E-state index is 11.3. The molecule has 0 aromatic carbocycles. The van der Waals surface area contributed by atoms with Crippen LogP contribution in [0, 0.1) is 6.92 Å². The molecule has 0 unspecified atom stereocenters. The third-order valence-corrected chi connectivity index (χ3v) is 2.35. The Morgan fingerprint density at radius 1 is 1.60 bits per heavy atom. The van der Waals surface area contributed by atoms with E-state index in [0.29, 0.717) is 13.1 Å². The molecule has 0 saturated heterocycles. The van der Waals surface area contributed by atoms with E-state index in [-0.39, 0.29) is 5.91 Å². The van der Waals surface area contributed by atoms with Gasteiger partial charge in [-0.2, -0.15) is 5.10 Å². The summed E-state index contributed by atoms with van der Waals surface area (Å²) in [4.78, 5) is 11.3. The molecule has 5 nitrogen and oxygen atoms in total. The molecule has 0 bridgehead atoms. The van der Waals surface area contributed by atoms with Crippen LogP contribution in [0.4, 0.5) is 0 Å². The van der Waals surface area contributed by atoms with E-state index in [2.05, 4.69) is 15.7 Å². The molecule has 0 aliphatic heterocycles.